The maximum Gasteiger partial charge on any atom is 0.247 e. The number of nitrogens with zero attached hydrogens (tertiary/aromatic N) is 3. The highest BCUT2D eigenvalue weighted by atomic mass is 16.4. The fourth-order valence-electron chi connectivity index (χ4n) is 3.31. The second-order valence-electron chi connectivity index (χ2n) is 6.41. The lowest BCUT2D eigenvalue weighted by Gasteiger charge is -2.34. The number of hydrogen-bond donors (Lipinski definition) is 0. The van der Waals surface area contributed by atoms with Crippen LogP contribution in [0.1, 0.15) is 36.4 Å². The van der Waals surface area contributed by atoms with Gasteiger partial charge >= 0.3 is 0 Å². The molecule has 0 amide bonds. The monoisotopic (exact) mass is 319 g/mol. The predicted molar refractivity (Wildman–Crippen MR) is 95.0 cm³/mol. The predicted octanol–water partition coefficient (Wildman–Crippen LogP) is 4.56. The van der Waals surface area contributed by atoms with Crippen LogP contribution in [0.25, 0.3) is 11.5 Å². The summed E-state index contributed by atoms with van der Waals surface area (Å²) >= 11 is 0. The first-order valence-corrected chi connectivity index (χ1v) is 8.47. The van der Waals surface area contributed by atoms with Crippen LogP contribution < -0.4 is 4.90 Å². The van der Waals surface area contributed by atoms with E-state index in [0.29, 0.717) is 11.8 Å². The number of benzene rings is 2. The first kappa shape index (κ1) is 14.9. The fraction of sp³-hybridized carbons (Fsp3) is 0.300. The molecule has 1 aliphatic rings. The van der Waals surface area contributed by atoms with Crippen molar-refractivity contribution in [2.45, 2.75) is 32.7 Å². The molecule has 0 saturated carbocycles. The molecule has 0 saturated heterocycles. The highest BCUT2D eigenvalue weighted by molar-refractivity contribution is 5.57. The van der Waals surface area contributed by atoms with Crippen LogP contribution in [-0.2, 0) is 6.42 Å². The average Bonchev–Trinajstić information content (AvgIpc) is 3.11. The third kappa shape index (κ3) is 2.68. The quantitative estimate of drug-likeness (QED) is 0.710. The van der Waals surface area contributed by atoms with Crippen molar-refractivity contribution in [3.05, 3.63) is 65.5 Å². The molecule has 0 N–H and O–H groups in total. The van der Waals surface area contributed by atoms with Crippen LogP contribution in [0.3, 0.4) is 0 Å². The molecule has 2 heterocycles. The van der Waals surface area contributed by atoms with Gasteiger partial charge in [-0.15, -0.1) is 10.2 Å². The summed E-state index contributed by atoms with van der Waals surface area (Å²) in [6, 6.07) is 16.8. The van der Waals surface area contributed by atoms with E-state index in [-0.39, 0.29) is 6.04 Å². The van der Waals surface area contributed by atoms with Crippen LogP contribution in [-0.4, -0.2) is 16.7 Å². The van der Waals surface area contributed by atoms with E-state index in [1.807, 2.05) is 12.1 Å². The van der Waals surface area contributed by atoms with Gasteiger partial charge in [0, 0.05) is 17.8 Å². The van der Waals surface area contributed by atoms with E-state index >= 15 is 0 Å². The summed E-state index contributed by atoms with van der Waals surface area (Å²) in [5, 5.41) is 8.55. The molecule has 0 bridgehead atoms. The zero-order chi connectivity index (χ0) is 16.5. The Morgan fingerprint density at radius 3 is 2.67 bits per heavy atom. The summed E-state index contributed by atoms with van der Waals surface area (Å²) < 4.78 is 5.98. The van der Waals surface area contributed by atoms with Crippen molar-refractivity contribution in [1.29, 1.82) is 0 Å². The fourth-order valence-corrected chi connectivity index (χ4v) is 3.31. The largest absolute Gasteiger partial charge is 0.418 e. The number of aryl methyl sites for hydroxylation is 2. The molecule has 122 valence electrons. The zero-order valence-corrected chi connectivity index (χ0v) is 14.1. The highest BCUT2D eigenvalue weighted by Crippen LogP contribution is 2.34. The van der Waals surface area contributed by atoms with Crippen LogP contribution in [0.5, 0.6) is 0 Å². The van der Waals surface area contributed by atoms with Crippen molar-refractivity contribution in [2.24, 2.45) is 0 Å². The van der Waals surface area contributed by atoms with Gasteiger partial charge in [-0.25, -0.2) is 0 Å². The van der Waals surface area contributed by atoms with Gasteiger partial charge in [-0.3, -0.25) is 0 Å². The Kier molecular flexibility index (Phi) is 3.81. The molecular formula is C20H21N3O. The minimum absolute atomic E-state index is 0.0677. The molecule has 24 heavy (non-hydrogen) atoms. The minimum atomic E-state index is 0.0677. The van der Waals surface area contributed by atoms with Crippen molar-refractivity contribution >= 4 is 5.69 Å². The summed E-state index contributed by atoms with van der Waals surface area (Å²) in [6.45, 7) is 5.22. The van der Waals surface area contributed by atoms with E-state index in [0.717, 1.165) is 24.9 Å². The first-order valence-electron chi connectivity index (χ1n) is 8.47. The number of aromatic nitrogens is 2. The van der Waals surface area contributed by atoms with E-state index in [1.54, 1.807) is 0 Å². The molecule has 0 radical (unpaired) electrons. The summed E-state index contributed by atoms with van der Waals surface area (Å²) in [6.07, 6.45) is 2.29. The molecule has 1 atom stereocenters. The zero-order valence-electron chi connectivity index (χ0n) is 14.1. The van der Waals surface area contributed by atoms with Gasteiger partial charge in [-0.1, -0.05) is 35.9 Å². The molecular weight excluding hydrogens is 298 g/mol. The topological polar surface area (TPSA) is 42.2 Å². The molecule has 0 unspecified atom stereocenters. The summed E-state index contributed by atoms with van der Waals surface area (Å²) in [5.74, 6) is 1.25. The lowest BCUT2D eigenvalue weighted by molar-refractivity contribution is 0.449. The molecule has 4 nitrogen and oxygen atoms in total. The van der Waals surface area contributed by atoms with Gasteiger partial charge < -0.3 is 9.32 Å². The van der Waals surface area contributed by atoms with Crippen molar-refractivity contribution in [2.75, 3.05) is 11.4 Å². The number of fused-ring (bicyclic) bond motifs is 1. The standard InChI is InChI=1S/C20H21N3O/c1-14-9-11-17(12-10-14)20-22-21-19(24-20)15(2)23-13-5-7-16-6-3-4-8-18(16)23/h3-4,6,8-12,15H,5,7,13H2,1-2H3/t15-/m0/s1. The van der Waals surface area contributed by atoms with Crippen LogP contribution in [0, 0.1) is 6.92 Å². The van der Waals surface area contributed by atoms with Crippen LogP contribution >= 0.6 is 0 Å². The Hall–Kier alpha value is -2.62. The first-order chi connectivity index (χ1) is 11.7. The smallest absolute Gasteiger partial charge is 0.247 e. The van der Waals surface area contributed by atoms with Crippen molar-refractivity contribution in [1.82, 2.24) is 10.2 Å². The van der Waals surface area contributed by atoms with Crippen molar-refractivity contribution in [3.8, 4) is 11.5 Å². The van der Waals surface area contributed by atoms with Gasteiger partial charge in [0.25, 0.3) is 0 Å². The summed E-state index contributed by atoms with van der Waals surface area (Å²) in [7, 11) is 0. The van der Waals surface area contributed by atoms with Gasteiger partial charge in [-0.05, 0) is 50.5 Å². The van der Waals surface area contributed by atoms with Crippen LogP contribution in [0.4, 0.5) is 5.69 Å². The maximum atomic E-state index is 5.98. The normalized spacial score (nSPS) is 15.2. The molecule has 1 aliphatic heterocycles. The number of hydrogen-bond acceptors (Lipinski definition) is 4. The molecule has 0 aliphatic carbocycles. The lowest BCUT2D eigenvalue weighted by atomic mass is 10.0. The number of para-hydroxylation sites is 1. The van der Waals surface area contributed by atoms with Crippen molar-refractivity contribution < 1.29 is 4.42 Å². The molecule has 3 aromatic rings. The molecule has 2 aromatic carbocycles. The van der Waals surface area contributed by atoms with E-state index in [4.69, 9.17) is 4.42 Å². The maximum absolute atomic E-state index is 5.98. The van der Waals surface area contributed by atoms with Crippen molar-refractivity contribution in [3.63, 3.8) is 0 Å². The molecule has 4 rings (SSSR count). The summed E-state index contributed by atoms with van der Waals surface area (Å²) in [5.41, 5.74) is 4.86. The molecule has 0 fully saturated rings. The molecule has 4 heteroatoms. The Morgan fingerprint density at radius 2 is 1.83 bits per heavy atom. The van der Waals surface area contributed by atoms with E-state index in [1.165, 1.54) is 16.8 Å². The van der Waals surface area contributed by atoms with Gasteiger partial charge in [0.05, 0.1) is 0 Å². The van der Waals surface area contributed by atoms with Gasteiger partial charge in [0.2, 0.25) is 11.8 Å². The van der Waals surface area contributed by atoms with E-state index < -0.39 is 0 Å². The minimum Gasteiger partial charge on any atom is -0.418 e. The Labute approximate surface area is 142 Å². The summed E-state index contributed by atoms with van der Waals surface area (Å²) in [4.78, 5) is 2.37. The lowest BCUT2D eigenvalue weighted by Crippen LogP contribution is -2.32. The Bertz CT molecular complexity index is 838. The SMILES string of the molecule is Cc1ccc(-c2nnc([C@H](C)N3CCCc4ccccc43)o2)cc1. The van der Waals surface area contributed by atoms with Crippen LogP contribution in [0.2, 0.25) is 0 Å². The van der Waals surface area contributed by atoms with Crippen LogP contribution in [0.15, 0.2) is 52.9 Å². The Morgan fingerprint density at radius 1 is 1.04 bits per heavy atom. The third-order valence-corrected chi connectivity index (χ3v) is 4.71. The van der Waals surface area contributed by atoms with Gasteiger partial charge in [-0.2, -0.15) is 0 Å². The Balaban J connectivity index is 1.62. The average molecular weight is 319 g/mol. The highest BCUT2D eigenvalue weighted by Gasteiger charge is 2.26. The number of rotatable bonds is 3. The van der Waals surface area contributed by atoms with E-state index in [2.05, 4.69) is 65.3 Å². The molecule has 1 aromatic heterocycles. The number of anilines is 1. The molecule has 0 spiro atoms. The van der Waals surface area contributed by atoms with E-state index in [9.17, 15) is 0 Å². The van der Waals surface area contributed by atoms with Gasteiger partial charge in [0.15, 0.2) is 0 Å². The second-order valence-corrected chi connectivity index (χ2v) is 6.41. The second kappa shape index (κ2) is 6.11. The third-order valence-electron chi connectivity index (χ3n) is 4.71. The van der Waals surface area contributed by atoms with Gasteiger partial charge in [0.1, 0.15) is 6.04 Å².